The molecule has 0 saturated heterocycles. The Morgan fingerprint density at radius 1 is 1.06 bits per heavy atom. The molecule has 32 heavy (non-hydrogen) atoms. The van der Waals surface area contributed by atoms with Crippen molar-refractivity contribution in [2.24, 2.45) is 0 Å². The molecule has 0 aromatic heterocycles. The van der Waals surface area contributed by atoms with Crippen molar-refractivity contribution in [1.82, 2.24) is 4.90 Å². The number of anilines is 1. The van der Waals surface area contributed by atoms with Crippen LogP contribution in [0, 0.1) is 0 Å². The highest BCUT2D eigenvalue weighted by Crippen LogP contribution is 2.26. The molecule has 6 nitrogen and oxygen atoms in total. The van der Waals surface area contributed by atoms with Gasteiger partial charge in [0.1, 0.15) is 5.75 Å². The lowest BCUT2D eigenvalue weighted by molar-refractivity contribution is -0.125. The summed E-state index contributed by atoms with van der Waals surface area (Å²) in [4.78, 5) is 14.1. The Labute approximate surface area is 193 Å². The average Bonchev–Trinajstić information content (AvgIpc) is 2.78. The van der Waals surface area contributed by atoms with Gasteiger partial charge in [-0.25, -0.2) is 8.42 Å². The SMILES string of the molecule is COc1ccccc1NS(=O)(=O)c1ccc(/C=C/C(=O)N(C)Cc2cccc(Cl)c2)cc1. The van der Waals surface area contributed by atoms with Crippen LogP contribution >= 0.6 is 11.6 Å². The van der Waals surface area contributed by atoms with E-state index < -0.39 is 10.0 Å². The fraction of sp³-hybridized carbons (Fsp3) is 0.125. The van der Waals surface area contributed by atoms with Gasteiger partial charge >= 0.3 is 0 Å². The van der Waals surface area contributed by atoms with E-state index in [0.717, 1.165) is 5.56 Å². The van der Waals surface area contributed by atoms with Crippen molar-refractivity contribution in [3.05, 3.63) is 95.0 Å². The van der Waals surface area contributed by atoms with Crippen LogP contribution in [-0.2, 0) is 21.4 Å². The number of carbonyl (C=O) groups excluding carboxylic acids is 1. The van der Waals surface area contributed by atoms with E-state index in [9.17, 15) is 13.2 Å². The number of likely N-dealkylation sites (N-methyl/N-ethyl adjacent to an activating group) is 1. The molecule has 0 atom stereocenters. The average molecular weight is 471 g/mol. The van der Waals surface area contributed by atoms with Crippen LogP contribution in [0.5, 0.6) is 5.75 Å². The number of methoxy groups -OCH3 is 1. The minimum atomic E-state index is -3.79. The zero-order chi connectivity index (χ0) is 23.1. The number of sulfonamides is 1. The van der Waals surface area contributed by atoms with Crippen LogP contribution < -0.4 is 9.46 Å². The molecule has 0 aliphatic rings. The Hall–Kier alpha value is -3.29. The first-order valence-corrected chi connectivity index (χ1v) is 11.6. The Morgan fingerprint density at radius 2 is 1.78 bits per heavy atom. The number of hydrogen-bond acceptors (Lipinski definition) is 4. The number of benzene rings is 3. The second-order valence-corrected chi connectivity index (χ2v) is 9.15. The maximum atomic E-state index is 12.7. The molecule has 0 saturated carbocycles. The topological polar surface area (TPSA) is 75.7 Å². The molecular formula is C24H23ClN2O4S. The summed E-state index contributed by atoms with van der Waals surface area (Å²) in [6, 6.07) is 20.3. The summed E-state index contributed by atoms with van der Waals surface area (Å²) in [6.45, 7) is 0.426. The maximum absolute atomic E-state index is 12.7. The first-order valence-electron chi connectivity index (χ1n) is 9.72. The van der Waals surface area contributed by atoms with Crippen LogP contribution in [-0.4, -0.2) is 33.4 Å². The van der Waals surface area contributed by atoms with Gasteiger partial charge in [0.25, 0.3) is 10.0 Å². The van der Waals surface area contributed by atoms with Crippen LogP contribution in [0.2, 0.25) is 5.02 Å². The van der Waals surface area contributed by atoms with Crippen molar-refractivity contribution >= 4 is 39.3 Å². The molecule has 0 heterocycles. The number of para-hydroxylation sites is 2. The molecule has 1 N–H and O–H groups in total. The van der Waals surface area contributed by atoms with E-state index in [1.54, 1.807) is 60.5 Å². The number of carbonyl (C=O) groups is 1. The predicted molar refractivity (Wildman–Crippen MR) is 127 cm³/mol. The number of hydrogen-bond donors (Lipinski definition) is 1. The van der Waals surface area contributed by atoms with Gasteiger partial charge in [0.2, 0.25) is 5.91 Å². The van der Waals surface area contributed by atoms with Crippen molar-refractivity contribution in [2.45, 2.75) is 11.4 Å². The summed E-state index contributed by atoms with van der Waals surface area (Å²) in [5.74, 6) is 0.246. The highest BCUT2D eigenvalue weighted by atomic mass is 35.5. The summed E-state index contributed by atoms with van der Waals surface area (Å²) >= 11 is 5.98. The minimum absolute atomic E-state index is 0.102. The lowest BCUT2D eigenvalue weighted by atomic mass is 10.2. The zero-order valence-electron chi connectivity index (χ0n) is 17.7. The molecule has 166 valence electrons. The second kappa shape index (κ2) is 10.3. The van der Waals surface area contributed by atoms with E-state index in [-0.39, 0.29) is 10.8 Å². The summed E-state index contributed by atoms with van der Waals surface area (Å²) in [5.41, 5.74) is 1.98. The fourth-order valence-electron chi connectivity index (χ4n) is 2.97. The van der Waals surface area contributed by atoms with Gasteiger partial charge in [0.05, 0.1) is 17.7 Å². The highest BCUT2D eigenvalue weighted by Gasteiger charge is 2.16. The van der Waals surface area contributed by atoms with Gasteiger partial charge in [-0.15, -0.1) is 0 Å². The Kier molecular flexibility index (Phi) is 7.56. The van der Waals surface area contributed by atoms with E-state index >= 15 is 0 Å². The van der Waals surface area contributed by atoms with Gasteiger partial charge in [0.15, 0.2) is 0 Å². The van der Waals surface area contributed by atoms with E-state index in [0.29, 0.717) is 28.6 Å². The third-order valence-electron chi connectivity index (χ3n) is 4.65. The van der Waals surface area contributed by atoms with Crippen LogP contribution in [0.3, 0.4) is 0 Å². The van der Waals surface area contributed by atoms with Crippen molar-refractivity contribution in [1.29, 1.82) is 0 Å². The van der Waals surface area contributed by atoms with Crippen molar-refractivity contribution in [3.63, 3.8) is 0 Å². The third-order valence-corrected chi connectivity index (χ3v) is 6.26. The van der Waals surface area contributed by atoms with Gasteiger partial charge < -0.3 is 9.64 Å². The van der Waals surface area contributed by atoms with Crippen LogP contribution in [0.1, 0.15) is 11.1 Å². The molecule has 3 rings (SSSR count). The highest BCUT2D eigenvalue weighted by molar-refractivity contribution is 7.92. The molecule has 3 aromatic carbocycles. The number of ether oxygens (including phenoxy) is 1. The molecule has 1 amide bonds. The summed E-state index contributed by atoms with van der Waals surface area (Å²) in [7, 11) is -0.610. The summed E-state index contributed by atoms with van der Waals surface area (Å²) in [6.07, 6.45) is 3.09. The molecular weight excluding hydrogens is 448 g/mol. The van der Waals surface area contributed by atoms with E-state index in [2.05, 4.69) is 4.72 Å². The first-order chi connectivity index (χ1) is 15.3. The molecule has 0 fully saturated rings. The van der Waals surface area contributed by atoms with Crippen molar-refractivity contribution < 1.29 is 17.9 Å². The minimum Gasteiger partial charge on any atom is -0.495 e. The monoisotopic (exact) mass is 470 g/mol. The normalized spacial score (nSPS) is 11.3. The fourth-order valence-corrected chi connectivity index (χ4v) is 4.26. The van der Waals surface area contributed by atoms with Gasteiger partial charge in [-0.2, -0.15) is 0 Å². The van der Waals surface area contributed by atoms with Gasteiger partial charge in [-0.1, -0.05) is 48.0 Å². The second-order valence-electron chi connectivity index (χ2n) is 7.03. The molecule has 0 aliphatic carbocycles. The van der Waals surface area contributed by atoms with Gasteiger partial charge in [-0.3, -0.25) is 9.52 Å². The van der Waals surface area contributed by atoms with E-state index in [1.165, 1.54) is 25.3 Å². The van der Waals surface area contributed by atoms with Gasteiger partial charge in [0, 0.05) is 24.7 Å². The molecule has 0 bridgehead atoms. The van der Waals surface area contributed by atoms with Gasteiger partial charge in [-0.05, 0) is 53.6 Å². The van der Waals surface area contributed by atoms with Crippen LogP contribution in [0.4, 0.5) is 5.69 Å². The van der Waals surface area contributed by atoms with E-state index in [1.807, 2.05) is 18.2 Å². The number of amides is 1. The smallest absolute Gasteiger partial charge is 0.262 e. The van der Waals surface area contributed by atoms with Crippen molar-refractivity contribution in [3.8, 4) is 5.75 Å². The molecule has 0 aliphatic heterocycles. The number of nitrogens with one attached hydrogen (secondary N) is 1. The van der Waals surface area contributed by atoms with Crippen LogP contribution in [0.25, 0.3) is 6.08 Å². The number of halogens is 1. The number of nitrogens with zero attached hydrogens (tertiary/aromatic N) is 1. The molecule has 0 radical (unpaired) electrons. The standard InChI is InChI=1S/C24H23ClN2O4S/c1-27(17-19-6-5-7-20(25)16-19)24(28)15-12-18-10-13-21(14-11-18)32(29,30)26-22-8-3-4-9-23(22)31-2/h3-16,26H,17H2,1-2H3/b15-12+. The van der Waals surface area contributed by atoms with Crippen LogP contribution in [0.15, 0.2) is 83.8 Å². The maximum Gasteiger partial charge on any atom is 0.262 e. The Bertz CT molecular complexity index is 1220. The number of rotatable bonds is 8. The van der Waals surface area contributed by atoms with Crippen molar-refractivity contribution in [2.75, 3.05) is 18.9 Å². The lowest BCUT2D eigenvalue weighted by Crippen LogP contribution is -2.24. The largest absolute Gasteiger partial charge is 0.495 e. The first kappa shape index (κ1) is 23.4. The Balaban J connectivity index is 1.65. The summed E-state index contributed by atoms with van der Waals surface area (Å²) < 4.78 is 33.1. The van der Waals surface area contributed by atoms with E-state index in [4.69, 9.17) is 16.3 Å². The molecule has 0 spiro atoms. The Morgan fingerprint density at radius 3 is 2.47 bits per heavy atom. The zero-order valence-corrected chi connectivity index (χ0v) is 19.2. The third kappa shape index (κ3) is 6.12. The molecule has 8 heteroatoms. The predicted octanol–water partition coefficient (Wildman–Crippen LogP) is 4.82. The molecule has 0 unspecified atom stereocenters. The summed E-state index contributed by atoms with van der Waals surface area (Å²) in [5, 5.41) is 0.620. The quantitative estimate of drug-likeness (QED) is 0.479. The molecule has 3 aromatic rings. The lowest BCUT2D eigenvalue weighted by Gasteiger charge is -2.15.